The summed E-state index contributed by atoms with van der Waals surface area (Å²) in [6.45, 7) is 2.00. The van der Waals surface area contributed by atoms with Crippen LogP contribution >= 0.6 is 0 Å². The fourth-order valence-corrected chi connectivity index (χ4v) is 2.88. The average Bonchev–Trinajstić information content (AvgIpc) is 2.71. The first kappa shape index (κ1) is 17.2. The van der Waals surface area contributed by atoms with Gasteiger partial charge in [0, 0.05) is 17.7 Å². The summed E-state index contributed by atoms with van der Waals surface area (Å²) in [6, 6.07) is 13.7. The molecule has 0 bridgehead atoms. The van der Waals surface area contributed by atoms with E-state index in [0.717, 1.165) is 34.5 Å². The number of aliphatic carboxylic acids is 1. The molecule has 130 valence electrons. The van der Waals surface area contributed by atoms with Gasteiger partial charge in [0.25, 0.3) is 0 Å². The number of benzene rings is 2. The summed E-state index contributed by atoms with van der Waals surface area (Å²) in [4.78, 5) is 17.9. The second-order valence-corrected chi connectivity index (χ2v) is 6.38. The molecule has 0 saturated heterocycles. The Kier molecular flexibility index (Phi) is 5.14. The van der Waals surface area contributed by atoms with Gasteiger partial charge in [0.1, 0.15) is 12.4 Å². The van der Waals surface area contributed by atoms with Gasteiger partial charge < -0.3 is 14.7 Å². The van der Waals surface area contributed by atoms with Crippen LogP contribution in [0.2, 0.25) is 0 Å². The van der Waals surface area contributed by atoms with Crippen molar-refractivity contribution in [1.82, 2.24) is 4.90 Å². The largest absolute Gasteiger partial charge is 0.488 e. The highest BCUT2D eigenvalue weighted by Crippen LogP contribution is 2.30. The summed E-state index contributed by atoms with van der Waals surface area (Å²) in [5.74, 6) is -0.157. The lowest BCUT2D eigenvalue weighted by atomic mass is 9.97. The van der Waals surface area contributed by atoms with E-state index >= 15 is 0 Å². The fraction of sp³-hybridized carbons (Fsp3) is 0.300. The van der Waals surface area contributed by atoms with Crippen LogP contribution in [0, 0.1) is 0 Å². The topological polar surface area (TPSA) is 62.1 Å². The number of ether oxygens (including phenoxy) is 1. The fourth-order valence-electron chi connectivity index (χ4n) is 2.88. The van der Waals surface area contributed by atoms with Crippen molar-refractivity contribution in [2.45, 2.75) is 13.0 Å². The zero-order valence-electron chi connectivity index (χ0n) is 14.5. The number of carboxylic acid groups (broad SMARTS) is 1. The van der Waals surface area contributed by atoms with Crippen molar-refractivity contribution in [2.24, 2.45) is 4.99 Å². The smallest absolute Gasteiger partial charge is 0.307 e. The van der Waals surface area contributed by atoms with Crippen LogP contribution in [-0.4, -0.2) is 48.9 Å². The van der Waals surface area contributed by atoms with Crippen LogP contribution in [0.3, 0.4) is 0 Å². The molecule has 0 fully saturated rings. The van der Waals surface area contributed by atoms with Crippen LogP contribution in [0.1, 0.15) is 22.3 Å². The van der Waals surface area contributed by atoms with E-state index in [1.54, 1.807) is 0 Å². The van der Waals surface area contributed by atoms with Crippen LogP contribution in [0.5, 0.6) is 5.75 Å². The van der Waals surface area contributed by atoms with Gasteiger partial charge >= 0.3 is 5.97 Å². The molecule has 0 atom stereocenters. The molecular formula is C20H22N2O3. The molecule has 1 N–H and O–H groups in total. The van der Waals surface area contributed by atoms with Crippen molar-refractivity contribution in [3.8, 4) is 5.75 Å². The Morgan fingerprint density at radius 3 is 2.76 bits per heavy atom. The molecule has 0 aliphatic carbocycles. The number of rotatable bonds is 5. The van der Waals surface area contributed by atoms with Crippen molar-refractivity contribution >= 4 is 11.7 Å². The Balaban J connectivity index is 2.04. The Morgan fingerprint density at radius 1 is 1.20 bits per heavy atom. The van der Waals surface area contributed by atoms with E-state index in [1.807, 2.05) is 50.5 Å². The van der Waals surface area contributed by atoms with E-state index in [1.165, 1.54) is 0 Å². The van der Waals surface area contributed by atoms with Crippen LogP contribution < -0.4 is 4.74 Å². The molecule has 0 aromatic heterocycles. The molecule has 1 aliphatic heterocycles. The predicted octanol–water partition coefficient (Wildman–Crippen LogP) is 2.61. The Hall–Kier alpha value is -2.66. The van der Waals surface area contributed by atoms with E-state index in [9.17, 15) is 4.79 Å². The van der Waals surface area contributed by atoms with Crippen molar-refractivity contribution in [3.63, 3.8) is 0 Å². The molecule has 2 aromatic rings. The molecule has 2 aromatic carbocycles. The Labute approximate surface area is 147 Å². The summed E-state index contributed by atoms with van der Waals surface area (Å²) < 4.78 is 5.97. The molecule has 25 heavy (non-hydrogen) atoms. The second-order valence-electron chi connectivity index (χ2n) is 6.38. The monoisotopic (exact) mass is 338 g/mol. The lowest BCUT2D eigenvalue weighted by Crippen LogP contribution is -2.17. The number of carbonyl (C=O) groups is 1. The normalized spacial score (nSPS) is 14.6. The zero-order chi connectivity index (χ0) is 17.8. The van der Waals surface area contributed by atoms with Gasteiger partial charge in [-0.2, -0.15) is 0 Å². The Morgan fingerprint density at radius 2 is 2.00 bits per heavy atom. The highest BCUT2D eigenvalue weighted by molar-refractivity contribution is 6.15. The minimum absolute atomic E-state index is 0.0172. The molecule has 0 amide bonds. The lowest BCUT2D eigenvalue weighted by Gasteiger charge is -2.12. The molecule has 0 spiro atoms. The number of hydrogen-bond acceptors (Lipinski definition) is 4. The quantitative estimate of drug-likeness (QED) is 0.910. The molecule has 1 aliphatic rings. The first-order chi connectivity index (χ1) is 12.0. The highest BCUT2D eigenvalue weighted by Gasteiger charge is 2.20. The second kappa shape index (κ2) is 7.49. The molecule has 5 heteroatoms. The van der Waals surface area contributed by atoms with E-state index in [0.29, 0.717) is 18.9 Å². The van der Waals surface area contributed by atoms with E-state index in [2.05, 4.69) is 11.0 Å². The van der Waals surface area contributed by atoms with Gasteiger partial charge in [-0.3, -0.25) is 9.79 Å². The van der Waals surface area contributed by atoms with Gasteiger partial charge in [-0.15, -0.1) is 0 Å². The number of hydrogen-bond donors (Lipinski definition) is 1. The molecule has 0 unspecified atom stereocenters. The maximum absolute atomic E-state index is 11.0. The van der Waals surface area contributed by atoms with Crippen molar-refractivity contribution in [3.05, 3.63) is 64.7 Å². The summed E-state index contributed by atoms with van der Waals surface area (Å²) in [6.07, 6.45) is -0.0172. The molecule has 5 nitrogen and oxygen atoms in total. The van der Waals surface area contributed by atoms with Crippen LogP contribution in [0.25, 0.3) is 0 Å². The van der Waals surface area contributed by atoms with Crippen LogP contribution in [0.15, 0.2) is 47.5 Å². The third-order valence-electron chi connectivity index (χ3n) is 4.13. The third kappa shape index (κ3) is 4.06. The SMILES string of the molecule is CN(C)CCN=C1c2ccccc2COc2cc(CC(=O)O)ccc21. The van der Waals surface area contributed by atoms with Crippen molar-refractivity contribution in [1.29, 1.82) is 0 Å². The van der Waals surface area contributed by atoms with Gasteiger partial charge in [-0.25, -0.2) is 0 Å². The van der Waals surface area contributed by atoms with Gasteiger partial charge in [-0.05, 0) is 37.4 Å². The van der Waals surface area contributed by atoms with Gasteiger partial charge in [0.2, 0.25) is 0 Å². The molecular weight excluding hydrogens is 316 g/mol. The number of carboxylic acids is 1. The minimum atomic E-state index is -0.850. The molecule has 3 rings (SSSR count). The summed E-state index contributed by atoms with van der Waals surface area (Å²) >= 11 is 0. The van der Waals surface area contributed by atoms with E-state index in [4.69, 9.17) is 14.8 Å². The number of likely N-dealkylation sites (N-methyl/N-ethyl adjacent to an activating group) is 1. The minimum Gasteiger partial charge on any atom is -0.488 e. The van der Waals surface area contributed by atoms with Gasteiger partial charge in [0.05, 0.1) is 18.7 Å². The maximum Gasteiger partial charge on any atom is 0.307 e. The number of nitrogens with zero attached hydrogens (tertiary/aromatic N) is 2. The van der Waals surface area contributed by atoms with E-state index < -0.39 is 5.97 Å². The zero-order valence-corrected chi connectivity index (χ0v) is 14.5. The first-order valence-corrected chi connectivity index (χ1v) is 8.30. The maximum atomic E-state index is 11.0. The number of aliphatic imine (C=N–C) groups is 1. The Bertz CT molecular complexity index is 812. The highest BCUT2D eigenvalue weighted by atomic mass is 16.5. The van der Waals surface area contributed by atoms with Crippen molar-refractivity contribution < 1.29 is 14.6 Å². The van der Waals surface area contributed by atoms with Crippen LogP contribution in [-0.2, 0) is 17.8 Å². The molecule has 1 heterocycles. The van der Waals surface area contributed by atoms with E-state index in [-0.39, 0.29) is 6.42 Å². The first-order valence-electron chi connectivity index (χ1n) is 8.30. The lowest BCUT2D eigenvalue weighted by molar-refractivity contribution is -0.136. The van der Waals surface area contributed by atoms with Gasteiger partial charge in [-0.1, -0.05) is 30.3 Å². The third-order valence-corrected chi connectivity index (χ3v) is 4.13. The standard InChI is InChI=1S/C20H22N2O3/c1-22(2)10-9-21-20-16-6-4-3-5-15(16)13-25-18-11-14(12-19(23)24)7-8-17(18)20/h3-8,11H,9-10,12-13H2,1-2H3,(H,23,24). The number of fused-ring (bicyclic) bond motifs is 2. The molecule has 0 radical (unpaired) electrons. The van der Waals surface area contributed by atoms with Crippen LogP contribution in [0.4, 0.5) is 0 Å². The average molecular weight is 338 g/mol. The van der Waals surface area contributed by atoms with Gasteiger partial charge in [0.15, 0.2) is 0 Å². The summed E-state index contributed by atoms with van der Waals surface area (Å²) in [5, 5.41) is 9.02. The summed E-state index contributed by atoms with van der Waals surface area (Å²) in [5.41, 5.74) is 4.71. The van der Waals surface area contributed by atoms with Crippen molar-refractivity contribution in [2.75, 3.05) is 27.2 Å². The summed E-state index contributed by atoms with van der Waals surface area (Å²) in [7, 11) is 4.05. The predicted molar refractivity (Wildman–Crippen MR) is 97.6 cm³/mol. The molecule has 0 saturated carbocycles.